The number of hydrogen-bond donors (Lipinski definition) is 2. The van der Waals surface area contributed by atoms with E-state index in [1.807, 2.05) is 22.6 Å². The molecule has 0 aliphatic carbocycles. The molecule has 20 heavy (non-hydrogen) atoms. The maximum absolute atomic E-state index is 12.5. The molecule has 2 rings (SSSR count). The minimum Gasteiger partial charge on any atom is -0.394 e. The number of hydrogen-bond acceptors (Lipinski definition) is 3. The van der Waals surface area contributed by atoms with Gasteiger partial charge < -0.3 is 15.3 Å². The summed E-state index contributed by atoms with van der Waals surface area (Å²) < 4.78 is 0. The number of nitrogens with one attached hydrogen (secondary N) is 1. The smallest absolute Gasteiger partial charge is 0.322 e. The van der Waals surface area contributed by atoms with E-state index in [1.165, 1.54) is 0 Å². The molecule has 1 unspecified atom stereocenters. The topological polar surface area (TPSA) is 52.6 Å². The van der Waals surface area contributed by atoms with Crippen LogP contribution in [0.4, 0.5) is 10.5 Å². The molecule has 0 radical (unpaired) electrons. The van der Waals surface area contributed by atoms with Crippen molar-refractivity contribution in [2.75, 3.05) is 18.5 Å². The summed E-state index contributed by atoms with van der Waals surface area (Å²) in [5, 5.41) is 16.8. The number of likely N-dealkylation sites (tertiary alicyclic amines) is 1. The molecule has 2 heterocycles. The van der Waals surface area contributed by atoms with Crippen LogP contribution in [0.2, 0.25) is 0 Å². The van der Waals surface area contributed by atoms with E-state index in [9.17, 15) is 9.90 Å². The van der Waals surface area contributed by atoms with Crippen LogP contribution in [0.5, 0.6) is 0 Å². The van der Waals surface area contributed by atoms with Crippen LogP contribution in [-0.2, 0) is 0 Å². The predicted molar refractivity (Wildman–Crippen MR) is 83.3 cm³/mol. The van der Waals surface area contributed by atoms with Crippen LogP contribution in [0.1, 0.15) is 38.7 Å². The molecule has 0 aromatic carbocycles. The lowest BCUT2D eigenvalue weighted by atomic mass is 9.87. The second-order valence-corrected chi connectivity index (χ2v) is 6.88. The standard InChI is InChI=1S/C15H24N2O2S/c1-11(2)7-15(10-18)5-4-6-17(15)14(19)16-13-9-20-8-12(13)3/h8-9,11,18H,4-7,10H2,1-3H3,(H,16,19). The number of amides is 2. The highest BCUT2D eigenvalue weighted by Gasteiger charge is 2.43. The van der Waals surface area contributed by atoms with Gasteiger partial charge >= 0.3 is 6.03 Å². The van der Waals surface area contributed by atoms with Crippen molar-refractivity contribution < 1.29 is 9.90 Å². The number of nitrogens with zero attached hydrogens (tertiary/aromatic N) is 1. The van der Waals surface area contributed by atoms with Crippen molar-refractivity contribution >= 4 is 23.1 Å². The van der Waals surface area contributed by atoms with Crippen molar-refractivity contribution in [3.05, 3.63) is 16.3 Å². The minimum absolute atomic E-state index is 0.0429. The van der Waals surface area contributed by atoms with Crippen LogP contribution in [0, 0.1) is 12.8 Å². The fourth-order valence-corrected chi connectivity index (χ4v) is 3.91. The molecule has 1 saturated heterocycles. The van der Waals surface area contributed by atoms with Gasteiger partial charge in [0.25, 0.3) is 0 Å². The lowest BCUT2D eigenvalue weighted by Crippen LogP contribution is -2.52. The van der Waals surface area contributed by atoms with Crippen molar-refractivity contribution in [3.63, 3.8) is 0 Å². The largest absolute Gasteiger partial charge is 0.394 e. The van der Waals surface area contributed by atoms with E-state index in [1.54, 1.807) is 11.3 Å². The molecular formula is C15H24N2O2S. The molecule has 4 nitrogen and oxygen atoms in total. The summed E-state index contributed by atoms with van der Waals surface area (Å²) in [6.45, 7) is 7.02. The molecule has 1 fully saturated rings. The zero-order chi connectivity index (χ0) is 14.8. The molecule has 1 aromatic heterocycles. The average molecular weight is 296 g/mol. The molecule has 5 heteroatoms. The highest BCUT2D eigenvalue weighted by atomic mass is 32.1. The monoisotopic (exact) mass is 296 g/mol. The first-order chi connectivity index (χ1) is 9.48. The molecule has 2 N–H and O–H groups in total. The average Bonchev–Trinajstić information content (AvgIpc) is 2.97. The van der Waals surface area contributed by atoms with Crippen LogP contribution < -0.4 is 5.32 Å². The molecule has 112 valence electrons. The van der Waals surface area contributed by atoms with Crippen LogP contribution in [0.15, 0.2) is 10.8 Å². The molecule has 1 aliphatic heterocycles. The number of anilines is 1. The molecule has 1 atom stereocenters. The van der Waals surface area contributed by atoms with Gasteiger partial charge in [-0.15, -0.1) is 11.3 Å². The van der Waals surface area contributed by atoms with Crippen molar-refractivity contribution in [2.24, 2.45) is 5.92 Å². The van der Waals surface area contributed by atoms with Crippen molar-refractivity contribution in [2.45, 2.75) is 45.6 Å². The fraction of sp³-hybridized carbons (Fsp3) is 0.667. The Labute approximate surface area is 124 Å². The van der Waals surface area contributed by atoms with E-state index in [4.69, 9.17) is 0 Å². The Morgan fingerprint density at radius 1 is 1.55 bits per heavy atom. The lowest BCUT2D eigenvalue weighted by Gasteiger charge is -2.38. The van der Waals surface area contributed by atoms with Crippen LogP contribution >= 0.6 is 11.3 Å². The summed E-state index contributed by atoms with van der Waals surface area (Å²) in [5.41, 5.74) is 1.58. The minimum atomic E-state index is -0.387. The normalized spacial score (nSPS) is 22.6. The molecule has 0 spiro atoms. The van der Waals surface area contributed by atoms with Crippen molar-refractivity contribution in [1.29, 1.82) is 0 Å². The summed E-state index contributed by atoms with van der Waals surface area (Å²) >= 11 is 1.58. The Morgan fingerprint density at radius 2 is 2.30 bits per heavy atom. The first-order valence-electron chi connectivity index (χ1n) is 7.21. The van der Waals surface area contributed by atoms with E-state index in [-0.39, 0.29) is 18.2 Å². The number of carbonyl (C=O) groups excluding carboxylic acids is 1. The molecule has 1 aliphatic rings. The van der Waals surface area contributed by atoms with Crippen LogP contribution in [0.3, 0.4) is 0 Å². The maximum atomic E-state index is 12.5. The molecule has 2 amide bonds. The zero-order valence-electron chi connectivity index (χ0n) is 12.5. The quantitative estimate of drug-likeness (QED) is 0.894. The van der Waals surface area contributed by atoms with Crippen molar-refractivity contribution in [1.82, 2.24) is 4.90 Å². The van der Waals surface area contributed by atoms with Gasteiger partial charge in [0.1, 0.15) is 0 Å². The Morgan fingerprint density at radius 3 is 2.85 bits per heavy atom. The van der Waals surface area contributed by atoms with Gasteiger partial charge in [-0.2, -0.15) is 0 Å². The number of urea groups is 1. The number of aliphatic hydroxyl groups is 1. The number of thiophene rings is 1. The van der Waals surface area contributed by atoms with Gasteiger partial charge in [-0.3, -0.25) is 0 Å². The Bertz CT molecular complexity index is 472. The zero-order valence-corrected chi connectivity index (χ0v) is 13.3. The van der Waals surface area contributed by atoms with E-state index in [0.29, 0.717) is 5.92 Å². The summed E-state index contributed by atoms with van der Waals surface area (Å²) in [6, 6.07) is -0.0845. The summed E-state index contributed by atoms with van der Waals surface area (Å²) in [7, 11) is 0. The molecular weight excluding hydrogens is 272 g/mol. The number of carbonyl (C=O) groups is 1. The summed E-state index contributed by atoms with van der Waals surface area (Å²) in [4.78, 5) is 14.4. The van der Waals surface area contributed by atoms with Gasteiger partial charge in [0.2, 0.25) is 0 Å². The fourth-order valence-electron chi connectivity index (χ4n) is 3.13. The highest BCUT2D eigenvalue weighted by molar-refractivity contribution is 7.08. The summed E-state index contributed by atoms with van der Waals surface area (Å²) in [6.07, 6.45) is 2.70. The third-order valence-electron chi connectivity index (χ3n) is 4.02. The van der Waals surface area contributed by atoms with Gasteiger partial charge in [0.05, 0.1) is 17.8 Å². The van der Waals surface area contributed by atoms with E-state index in [2.05, 4.69) is 19.2 Å². The second kappa shape index (κ2) is 6.14. The molecule has 0 saturated carbocycles. The van der Waals surface area contributed by atoms with E-state index >= 15 is 0 Å². The van der Waals surface area contributed by atoms with E-state index in [0.717, 1.165) is 37.1 Å². The van der Waals surface area contributed by atoms with Gasteiger partial charge in [-0.1, -0.05) is 13.8 Å². The Balaban J connectivity index is 2.13. The first kappa shape index (κ1) is 15.3. The lowest BCUT2D eigenvalue weighted by molar-refractivity contribution is 0.0728. The SMILES string of the molecule is Cc1cscc1NC(=O)N1CCCC1(CO)CC(C)C. The first-order valence-corrected chi connectivity index (χ1v) is 8.15. The van der Waals surface area contributed by atoms with Crippen LogP contribution in [0.25, 0.3) is 0 Å². The maximum Gasteiger partial charge on any atom is 0.322 e. The molecule has 0 bridgehead atoms. The van der Waals surface area contributed by atoms with Gasteiger partial charge in [0.15, 0.2) is 0 Å². The Hall–Kier alpha value is -1.07. The number of aliphatic hydroxyl groups excluding tert-OH is 1. The highest BCUT2D eigenvalue weighted by Crippen LogP contribution is 2.35. The third kappa shape index (κ3) is 2.99. The van der Waals surface area contributed by atoms with Crippen LogP contribution in [-0.4, -0.2) is 34.7 Å². The predicted octanol–water partition coefficient (Wildman–Crippen LogP) is 3.46. The van der Waals surface area contributed by atoms with Gasteiger partial charge in [0, 0.05) is 11.9 Å². The number of rotatable bonds is 4. The van der Waals surface area contributed by atoms with Gasteiger partial charge in [-0.25, -0.2) is 4.79 Å². The van der Waals surface area contributed by atoms with Crippen molar-refractivity contribution in [3.8, 4) is 0 Å². The number of aryl methyl sites for hydroxylation is 1. The Kier molecular flexibility index (Phi) is 4.70. The summed E-state index contributed by atoms with van der Waals surface area (Å²) in [5.74, 6) is 0.457. The second-order valence-electron chi connectivity index (χ2n) is 6.13. The van der Waals surface area contributed by atoms with Gasteiger partial charge in [-0.05, 0) is 43.0 Å². The third-order valence-corrected chi connectivity index (χ3v) is 4.88. The van der Waals surface area contributed by atoms with E-state index < -0.39 is 0 Å². The molecule has 1 aromatic rings.